The van der Waals surface area contributed by atoms with Crippen molar-refractivity contribution in [3.8, 4) is 5.75 Å². The molecule has 0 radical (unpaired) electrons. The summed E-state index contributed by atoms with van der Waals surface area (Å²) in [6.07, 6.45) is 8.14. The van der Waals surface area contributed by atoms with Crippen molar-refractivity contribution in [3.05, 3.63) is 48.3 Å². The van der Waals surface area contributed by atoms with Gasteiger partial charge in [0.2, 0.25) is 0 Å². The first-order valence-corrected chi connectivity index (χ1v) is 5.85. The molecule has 1 amide bonds. The Bertz CT molecular complexity index is 560. The number of nitrogens with one attached hydrogen (secondary N) is 1. The van der Waals surface area contributed by atoms with Gasteiger partial charge in [-0.15, -0.1) is 0 Å². The van der Waals surface area contributed by atoms with Crippen LogP contribution in [0.25, 0.3) is 0 Å². The predicted octanol–water partition coefficient (Wildman–Crippen LogP) is 0.938. The van der Waals surface area contributed by atoms with Gasteiger partial charge in [0.1, 0.15) is 5.75 Å². The second kappa shape index (κ2) is 5.90. The van der Waals surface area contributed by atoms with E-state index >= 15 is 0 Å². The third kappa shape index (κ3) is 3.48. The Morgan fingerprint density at radius 2 is 2.11 bits per heavy atom. The van der Waals surface area contributed by atoms with Crippen LogP contribution in [-0.4, -0.2) is 32.0 Å². The number of pyridine rings is 1. The maximum atomic E-state index is 11.9. The molecule has 0 unspecified atom stereocenters. The zero-order valence-electron chi connectivity index (χ0n) is 10.4. The molecular formula is C13H14N4O2. The minimum atomic E-state index is -0.337. The molecule has 1 atom stereocenters. The van der Waals surface area contributed by atoms with Gasteiger partial charge in [0.15, 0.2) is 0 Å². The standard InChI is InChI=1S/C13H14N4O2/c1-9(6-10-7-15-4-5-16-10)17-13(19)11-2-3-14-8-12(11)18/h2-5,7-9,18H,6H2,1H3,(H,17,19)/t9-/m0/s1. The van der Waals surface area contributed by atoms with Crippen LogP contribution in [0.5, 0.6) is 5.75 Å². The van der Waals surface area contributed by atoms with E-state index in [4.69, 9.17) is 0 Å². The number of carbonyl (C=O) groups excluding carboxylic acids is 1. The number of aromatic nitrogens is 3. The molecule has 2 aromatic heterocycles. The zero-order chi connectivity index (χ0) is 13.7. The number of aromatic hydroxyl groups is 1. The van der Waals surface area contributed by atoms with Crippen molar-refractivity contribution < 1.29 is 9.90 Å². The number of nitrogens with zero attached hydrogens (tertiary/aromatic N) is 3. The third-order valence-corrected chi connectivity index (χ3v) is 2.55. The van der Waals surface area contributed by atoms with Gasteiger partial charge < -0.3 is 10.4 Å². The molecule has 2 aromatic rings. The molecule has 0 fully saturated rings. The largest absolute Gasteiger partial charge is 0.505 e. The van der Waals surface area contributed by atoms with Crippen LogP contribution in [0, 0.1) is 0 Å². The molecular weight excluding hydrogens is 244 g/mol. The summed E-state index contributed by atoms with van der Waals surface area (Å²) in [6.45, 7) is 1.87. The van der Waals surface area contributed by atoms with E-state index in [2.05, 4.69) is 20.3 Å². The monoisotopic (exact) mass is 258 g/mol. The van der Waals surface area contributed by atoms with Gasteiger partial charge in [-0.3, -0.25) is 19.7 Å². The van der Waals surface area contributed by atoms with Crippen molar-refractivity contribution in [2.75, 3.05) is 0 Å². The quantitative estimate of drug-likeness (QED) is 0.852. The van der Waals surface area contributed by atoms with Crippen LogP contribution in [0.15, 0.2) is 37.1 Å². The molecule has 0 saturated carbocycles. The van der Waals surface area contributed by atoms with Crippen LogP contribution in [0.2, 0.25) is 0 Å². The van der Waals surface area contributed by atoms with E-state index in [0.29, 0.717) is 6.42 Å². The first-order valence-electron chi connectivity index (χ1n) is 5.85. The lowest BCUT2D eigenvalue weighted by atomic mass is 10.1. The topological polar surface area (TPSA) is 88.0 Å². The average molecular weight is 258 g/mol. The summed E-state index contributed by atoms with van der Waals surface area (Å²) in [5, 5.41) is 12.3. The first kappa shape index (κ1) is 12.9. The summed E-state index contributed by atoms with van der Waals surface area (Å²) < 4.78 is 0. The molecule has 0 aliphatic rings. The first-order chi connectivity index (χ1) is 9.16. The lowest BCUT2D eigenvalue weighted by Gasteiger charge is -2.13. The van der Waals surface area contributed by atoms with Crippen LogP contribution in [0.1, 0.15) is 23.0 Å². The number of hydrogen-bond acceptors (Lipinski definition) is 5. The van der Waals surface area contributed by atoms with Crippen molar-refractivity contribution in [2.24, 2.45) is 0 Å². The third-order valence-electron chi connectivity index (χ3n) is 2.55. The SMILES string of the molecule is C[C@@H](Cc1cnccn1)NC(=O)c1ccncc1O. The number of rotatable bonds is 4. The zero-order valence-corrected chi connectivity index (χ0v) is 10.4. The summed E-state index contributed by atoms with van der Waals surface area (Å²) in [4.78, 5) is 23.8. The molecule has 0 aliphatic carbocycles. The lowest BCUT2D eigenvalue weighted by Crippen LogP contribution is -2.34. The molecule has 0 bridgehead atoms. The smallest absolute Gasteiger partial charge is 0.255 e. The van der Waals surface area contributed by atoms with Crippen molar-refractivity contribution >= 4 is 5.91 Å². The summed E-state index contributed by atoms with van der Waals surface area (Å²) in [5.41, 5.74) is 1.01. The van der Waals surface area contributed by atoms with Crippen molar-refractivity contribution in [2.45, 2.75) is 19.4 Å². The van der Waals surface area contributed by atoms with Crippen molar-refractivity contribution in [1.82, 2.24) is 20.3 Å². The van der Waals surface area contributed by atoms with Gasteiger partial charge in [0.25, 0.3) is 5.91 Å². The van der Waals surface area contributed by atoms with Gasteiger partial charge in [0, 0.05) is 37.3 Å². The average Bonchev–Trinajstić information content (AvgIpc) is 2.40. The van der Waals surface area contributed by atoms with Crippen molar-refractivity contribution in [3.63, 3.8) is 0 Å². The molecule has 0 aliphatic heterocycles. The molecule has 0 aromatic carbocycles. The second-order valence-electron chi connectivity index (χ2n) is 4.17. The van der Waals surface area contributed by atoms with E-state index in [9.17, 15) is 9.90 Å². The van der Waals surface area contributed by atoms with E-state index < -0.39 is 0 Å². The maximum absolute atomic E-state index is 11.9. The minimum Gasteiger partial charge on any atom is -0.505 e. The number of hydrogen-bond donors (Lipinski definition) is 2. The van der Waals surface area contributed by atoms with Crippen molar-refractivity contribution in [1.29, 1.82) is 0 Å². The highest BCUT2D eigenvalue weighted by molar-refractivity contribution is 5.96. The molecule has 2 heterocycles. The van der Waals surface area contributed by atoms with Gasteiger partial charge >= 0.3 is 0 Å². The van der Waals surface area contributed by atoms with E-state index in [1.807, 2.05) is 6.92 Å². The molecule has 98 valence electrons. The fourth-order valence-corrected chi connectivity index (χ4v) is 1.68. The summed E-state index contributed by atoms with van der Waals surface area (Å²) in [5.74, 6) is -0.469. The Kier molecular flexibility index (Phi) is 4.02. The van der Waals surface area contributed by atoms with Crippen LogP contribution in [-0.2, 0) is 6.42 Å². The van der Waals surface area contributed by atoms with Crippen LogP contribution in [0.3, 0.4) is 0 Å². The molecule has 6 nitrogen and oxygen atoms in total. The Balaban J connectivity index is 1.98. The Labute approximate surface area is 110 Å². The van der Waals surface area contributed by atoms with Gasteiger partial charge in [-0.05, 0) is 13.0 Å². The normalized spacial score (nSPS) is 11.8. The van der Waals surface area contributed by atoms with E-state index in [-0.39, 0.29) is 23.3 Å². The van der Waals surface area contributed by atoms with E-state index in [0.717, 1.165) is 5.69 Å². The summed E-state index contributed by atoms with van der Waals surface area (Å²) in [7, 11) is 0. The van der Waals surface area contributed by atoms with Crippen LogP contribution < -0.4 is 5.32 Å². The van der Waals surface area contributed by atoms with E-state index in [1.165, 1.54) is 18.5 Å². The minimum absolute atomic E-state index is 0.114. The lowest BCUT2D eigenvalue weighted by molar-refractivity contribution is 0.0937. The van der Waals surface area contributed by atoms with Gasteiger partial charge in [-0.2, -0.15) is 0 Å². The predicted molar refractivity (Wildman–Crippen MR) is 68.6 cm³/mol. The Morgan fingerprint density at radius 3 is 2.79 bits per heavy atom. The van der Waals surface area contributed by atoms with Crippen LogP contribution in [0.4, 0.5) is 0 Å². The number of carbonyl (C=O) groups is 1. The molecule has 6 heteroatoms. The van der Waals surface area contributed by atoms with E-state index in [1.54, 1.807) is 18.6 Å². The molecule has 0 spiro atoms. The molecule has 0 saturated heterocycles. The Morgan fingerprint density at radius 1 is 1.32 bits per heavy atom. The molecule has 19 heavy (non-hydrogen) atoms. The highest BCUT2D eigenvalue weighted by atomic mass is 16.3. The molecule has 2 N–H and O–H groups in total. The highest BCUT2D eigenvalue weighted by Gasteiger charge is 2.14. The fourth-order valence-electron chi connectivity index (χ4n) is 1.68. The van der Waals surface area contributed by atoms with Gasteiger partial charge in [-0.25, -0.2) is 0 Å². The summed E-state index contributed by atoms with van der Waals surface area (Å²) >= 11 is 0. The van der Waals surface area contributed by atoms with Gasteiger partial charge in [0.05, 0.1) is 17.5 Å². The highest BCUT2D eigenvalue weighted by Crippen LogP contribution is 2.13. The number of amides is 1. The van der Waals surface area contributed by atoms with Crippen LogP contribution >= 0.6 is 0 Å². The second-order valence-corrected chi connectivity index (χ2v) is 4.17. The Hall–Kier alpha value is -2.50. The van der Waals surface area contributed by atoms with Gasteiger partial charge in [-0.1, -0.05) is 0 Å². The fraction of sp³-hybridized carbons (Fsp3) is 0.231. The maximum Gasteiger partial charge on any atom is 0.255 e. The molecule has 2 rings (SSSR count). The summed E-state index contributed by atoms with van der Waals surface area (Å²) in [6, 6.07) is 1.36.